The zero-order valence-corrected chi connectivity index (χ0v) is 26.2. The number of hydrogen-bond donors (Lipinski definition) is 2. The van der Waals surface area contributed by atoms with E-state index in [2.05, 4.69) is 0 Å². The number of amides is 1. The Labute approximate surface area is 260 Å². The van der Waals surface area contributed by atoms with Crippen LogP contribution in [0.3, 0.4) is 0 Å². The summed E-state index contributed by atoms with van der Waals surface area (Å²) < 4.78 is 11.5. The van der Waals surface area contributed by atoms with Crippen LogP contribution in [-0.2, 0) is 9.47 Å². The van der Waals surface area contributed by atoms with E-state index in [-0.39, 0.29) is 43.1 Å². The molecule has 8 nitrogen and oxygen atoms in total. The molecule has 8 heteroatoms. The first-order valence-electron chi connectivity index (χ1n) is 15.5. The van der Waals surface area contributed by atoms with Crippen molar-refractivity contribution >= 4 is 17.7 Å². The van der Waals surface area contributed by atoms with Gasteiger partial charge in [-0.3, -0.25) is 9.59 Å². The number of rotatable bonds is 17. The molecule has 3 rings (SSSR count). The number of carbonyl (C=O) groups excluding carboxylic acids is 3. The van der Waals surface area contributed by atoms with Crippen LogP contribution in [0.4, 0.5) is 0 Å². The highest BCUT2D eigenvalue weighted by molar-refractivity contribution is 6.03. The largest absolute Gasteiger partial charge is 0.460 e. The Morgan fingerprint density at radius 2 is 1.34 bits per heavy atom. The standard InChI is InChI=1S/C36H45NO7/c1-5-29(6-2)43-24-22-37(34(40)31-17-13-12-16-30(31)32(38)26-14-10-9-11-15-26)23-25-44-35(41)28-20-18-27(19-21-28)33(39)36(42,7-3)8-4/h9-21,29,32,38,42H,5-8,22-25H2,1-4H3. The molecule has 0 fully saturated rings. The number of benzene rings is 3. The van der Waals surface area contributed by atoms with Gasteiger partial charge in [-0.15, -0.1) is 0 Å². The summed E-state index contributed by atoms with van der Waals surface area (Å²) in [5.41, 5.74) is 0.650. The summed E-state index contributed by atoms with van der Waals surface area (Å²) in [6.07, 6.45) is 1.39. The smallest absolute Gasteiger partial charge is 0.338 e. The van der Waals surface area contributed by atoms with Crippen LogP contribution in [0.5, 0.6) is 0 Å². The summed E-state index contributed by atoms with van der Waals surface area (Å²) >= 11 is 0. The lowest BCUT2D eigenvalue weighted by Crippen LogP contribution is -2.38. The molecule has 0 aliphatic carbocycles. The van der Waals surface area contributed by atoms with Gasteiger partial charge in [-0.2, -0.15) is 0 Å². The van der Waals surface area contributed by atoms with Crippen molar-refractivity contribution in [3.8, 4) is 0 Å². The van der Waals surface area contributed by atoms with Crippen molar-refractivity contribution in [1.29, 1.82) is 0 Å². The van der Waals surface area contributed by atoms with E-state index in [1.807, 2.05) is 44.2 Å². The van der Waals surface area contributed by atoms with Gasteiger partial charge in [0.2, 0.25) is 0 Å². The highest BCUT2D eigenvalue weighted by Gasteiger charge is 2.32. The van der Waals surface area contributed by atoms with Crippen molar-refractivity contribution in [1.82, 2.24) is 4.90 Å². The highest BCUT2D eigenvalue weighted by Crippen LogP contribution is 2.26. The summed E-state index contributed by atoms with van der Waals surface area (Å²) in [5.74, 6) is -1.28. The first kappa shape index (κ1) is 34.6. The topological polar surface area (TPSA) is 113 Å². The fourth-order valence-electron chi connectivity index (χ4n) is 5.01. The molecule has 1 atom stereocenters. The highest BCUT2D eigenvalue weighted by atomic mass is 16.5. The summed E-state index contributed by atoms with van der Waals surface area (Å²) in [6.45, 7) is 8.24. The minimum Gasteiger partial charge on any atom is -0.460 e. The first-order valence-corrected chi connectivity index (χ1v) is 15.5. The van der Waals surface area contributed by atoms with Crippen LogP contribution >= 0.6 is 0 Å². The van der Waals surface area contributed by atoms with Crippen LogP contribution in [0.2, 0.25) is 0 Å². The van der Waals surface area contributed by atoms with Gasteiger partial charge in [0.1, 0.15) is 18.3 Å². The Morgan fingerprint density at radius 3 is 1.95 bits per heavy atom. The van der Waals surface area contributed by atoms with Crippen LogP contribution in [0, 0.1) is 0 Å². The third kappa shape index (κ3) is 8.85. The molecule has 3 aromatic rings. The number of aliphatic hydroxyl groups excluding tert-OH is 1. The molecule has 0 saturated heterocycles. The van der Waals surface area contributed by atoms with Crippen molar-refractivity contribution in [2.24, 2.45) is 0 Å². The van der Waals surface area contributed by atoms with E-state index in [1.165, 1.54) is 24.3 Å². The predicted molar refractivity (Wildman–Crippen MR) is 170 cm³/mol. The van der Waals surface area contributed by atoms with Crippen molar-refractivity contribution in [2.45, 2.75) is 71.2 Å². The molecule has 2 N–H and O–H groups in total. The second-order valence-electron chi connectivity index (χ2n) is 10.8. The van der Waals surface area contributed by atoms with Crippen LogP contribution in [0.15, 0.2) is 78.9 Å². The number of hydrogen-bond acceptors (Lipinski definition) is 7. The monoisotopic (exact) mass is 603 g/mol. The van der Waals surface area contributed by atoms with Gasteiger partial charge in [-0.1, -0.05) is 88.4 Å². The molecule has 0 aromatic heterocycles. The van der Waals surface area contributed by atoms with Gasteiger partial charge >= 0.3 is 5.97 Å². The van der Waals surface area contributed by atoms with E-state index < -0.39 is 17.7 Å². The Kier molecular flexibility index (Phi) is 13.3. The number of nitrogens with zero attached hydrogens (tertiary/aromatic N) is 1. The van der Waals surface area contributed by atoms with E-state index in [1.54, 1.807) is 43.0 Å². The third-order valence-corrected chi connectivity index (χ3v) is 8.08. The summed E-state index contributed by atoms with van der Waals surface area (Å²) in [4.78, 5) is 41.0. The molecule has 0 aliphatic heterocycles. The van der Waals surface area contributed by atoms with Crippen LogP contribution in [0.25, 0.3) is 0 Å². The number of ether oxygens (including phenoxy) is 2. The van der Waals surface area contributed by atoms with Gasteiger partial charge in [0.05, 0.1) is 24.8 Å². The molecule has 0 radical (unpaired) electrons. The average Bonchev–Trinajstić information content (AvgIpc) is 3.08. The summed E-state index contributed by atoms with van der Waals surface area (Å²) in [6, 6.07) is 22.1. The molecule has 3 aromatic carbocycles. The lowest BCUT2D eigenvalue weighted by Gasteiger charge is -2.26. The number of aliphatic hydroxyl groups is 2. The molecular weight excluding hydrogens is 558 g/mol. The number of esters is 1. The minimum atomic E-state index is -1.44. The second-order valence-corrected chi connectivity index (χ2v) is 10.8. The van der Waals surface area contributed by atoms with Gasteiger partial charge in [0.15, 0.2) is 5.78 Å². The maximum absolute atomic E-state index is 13.9. The zero-order chi connectivity index (χ0) is 32.1. The zero-order valence-electron chi connectivity index (χ0n) is 26.2. The number of carbonyl (C=O) groups is 3. The molecule has 0 bridgehead atoms. The van der Waals surface area contributed by atoms with E-state index in [9.17, 15) is 24.6 Å². The lowest BCUT2D eigenvalue weighted by molar-refractivity contribution is 0.0233. The first-order chi connectivity index (χ1) is 21.2. The van der Waals surface area contributed by atoms with Crippen molar-refractivity contribution in [3.63, 3.8) is 0 Å². The van der Waals surface area contributed by atoms with Crippen LogP contribution in [-0.4, -0.2) is 70.8 Å². The van der Waals surface area contributed by atoms with Gasteiger partial charge in [0.25, 0.3) is 5.91 Å². The maximum atomic E-state index is 13.9. The van der Waals surface area contributed by atoms with Crippen molar-refractivity contribution in [2.75, 3.05) is 26.3 Å². The molecule has 44 heavy (non-hydrogen) atoms. The normalized spacial score (nSPS) is 12.2. The Morgan fingerprint density at radius 1 is 0.773 bits per heavy atom. The molecule has 0 saturated carbocycles. The van der Waals surface area contributed by atoms with E-state index in [4.69, 9.17) is 9.47 Å². The average molecular weight is 604 g/mol. The SMILES string of the molecule is CCC(CC)OCCN(CCOC(=O)c1ccc(C(=O)C(O)(CC)CC)cc1)C(=O)c1ccccc1C(O)c1ccccc1. The van der Waals surface area contributed by atoms with E-state index >= 15 is 0 Å². The third-order valence-electron chi connectivity index (χ3n) is 8.08. The molecule has 0 heterocycles. The molecule has 0 aliphatic rings. The second kappa shape index (κ2) is 16.9. The molecule has 0 spiro atoms. The van der Waals surface area contributed by atoms with Gasteiger partial charge in [0, 0.05) is 17.7 Å². The van der Waals surface area contributed by atoms with Crippen molar-refractivity contribution in [3.05, 3.63) is 107 Å². The fourth-order valence-corrected chi connectivity index (χ4v) is 5.01. The Hall–Kier alpha value is -3.85. The predicted octanol–water partition coefficient (Wildman–Crippen LogP) is 6.01. The van der Waals surface area contributed by atoms with E-state index in [0.29, 0.717) is 41.7 Å². The fraction of sp³-hybridized carbons (Fsp3) is 0.417. The van der Waals surface area contributed by atoms with Gasteiger partial charge in [-0.25, -0.2) is 4.79 Å². The minimum absolute atomic E-state index is 0.0644. The molecular formula is C36H45NO7. The molecule has 236 valence electrons. The Bertz CT molecular complexity index is 1350. The number of ketones is 1. The Balaban J connectivity index is 1.73. The maximum Gasteiger partial charge on any atom is 0.338 e. The molecule has 1 unspecified atom stereocenters. The van der Waals surface area contributed by atoms with Gasteiger partial charge < -0.3 is 24.6 Å². The van der Waals surface area contributed by atoms with Crippen molar-refractivity contribution < 1.29 is 34.1 Å². The quantitative estimate of drug-likeness (QED) is 0.144. The van der Waals surface area contributed by atoms with Crippen LogP contribution in [0.1, 0.15) is 102 Å². The summed E-state index contributed by atoms with van der Waals surface area (Å²) in [7, 11) is 0. The molecule has 1 amide bonds. The van der Waals surface area contributed by atoms with E-state index in [0.717, 1.165) is 12.8 Å². The lowest BCUT2D eigenvalue weighted by atomic mass is 9.88. The number of Topliss-reactive ketones (excluding diaryl/α,β-unsaturated/α-hetero) is 1. The summed E-state index contributed by atoms with van der Waals surface area (Å²) in [5, 5.41) is 21.7. The van der Waals surface area contributed by atoms with Crippen LogP contribution < -0.4 is 0 Å². The van der Waals surface area contributed by atoms with Gasteiger partial charge in [-0.05, 0) is 55.0 Å².